The Hall–Kier alpha value is -2.20. The van der Waals surface area contributed by atoms with Crippen LogP contribution in [0.4, 0.5) is 4.39 Å². The molecule has 0 heterocycles. The third kappa shape index (κ3) is 3.89. The normalized spacial score (nSPS) is 10.6. The van der Waals surface area contributed by atoms with Gasteiger partial charge in [0.15, 0.2) is 0 Å². The molecular formula is C17H19FN2O. The molecule has 110 valence electrons. The predicted molar refractivity (Wildman–Crippen MR) is 81.3 cm³/mol. The van der Waals surface area contributed by atoms with E-state index >= 15 is 0 Å². The van der Waals surface area contributed by atoms with E-state index in [9.17, 15) is 9.18 Å². The molecule has 0 fully saturated rings. The second-order valence-electron chi connectivity index (χ2n) is 4.90. The molecule has 3 N–H and O–H groups in total. The van der Waals surface area contributed by atoms with Crippen LogP contribution in [0.2, 0.25) is 0 Å². The van der Waals surface area contributed by atoms with Crippen molar-refractivity contribution in [3.8, 4) is 0 Å². The minimum atomic E-state index is -0.620. The number of halogens is 1. The van der Waals surface area contributed by atoms with E-state index in [-0.39, 0.29) is 5.56 Å². The summed E-state index contributed by atoms with van der Waals surface area (Å²) in [6.45, 7) is 3.20. The Labute approximate surface area is 124 Å². The summed E-state index contributed by atoms with van der Waals surface area (Å²) in [5, 5.41) is 3.23. The van der Waals surface area contributed by atoms with E-state index in [1.807, 2.05) is 12.1 Å². The molecule has 1 amide bonds. The summed E-state index contributed by atoms with van der Waals surface area (Å²) >= 11 is 0. The molecule has 0 aliphatic carbocycles. The van der Waals surface area contributed by atoms with Crippen LogP contribution in [0.15, 0.2) is 42.5 Å². The molecule has 2 aromatic rings. The summed E-state index contributed by atoms with van der Waals surface area (Å²) in [6, 6.07) is 12.5. The van der Waals surface area contributed by atoms with Crippen molar-refractivity contribution in [2.24, 2.45) is 5.73 Å². The number of hydrogen-bond donors (Lipinski definition) is 2. The van der Waals surface area contributed by atoms with Gasteiger partial charge in [-0.3, -0.25) is 4.79 Å². The number of amides is 1. The fourth-order valence-corrected chi connectivity index (χ4v) is 2.25. The third-order valence-corrected chi connectivity index (χ3v) is 3.47. The molecule has 0 aliphatic rings. The van der Waals surface area contributed by atoms with Crippen molar-refractivity contribution in [2.75, 3.05) is 0 Å². The fraction of sp³-hybridized carbons (Fsp3) is 0.235. The first-order chi connectivity index (χ1) is 10.1. The second kappa shape index (κ2) is 6.99. The predicted octanol–water partition coefficient (Wildman–Crippen LogP) is 2.78. The maximum atomic E-state index is 13.8. The van der Waals surface area contributed by atoms with Crippen LogP contribution in [0.5, 0.6) is 0 Å². The highest BCUT2D eigenvalue weighted by molar-refractivity contribution is 5.92. The van der Waals surface area contributed by atoms with Crippen molar-refractivity contribution in [3.05, 3.63) is 70.5 Å². The van der Waals surface area contributed by atoms with E-state index in [1.54, 1.807) is 12.1 Å². The Kier molecular flexibility index (Phi) is 5.06. The SMILES string of the molecule is CCc1ccccc1CNCc1ccc(C(N)=O)cc1F. The number of rotatable bonds is 6. The smallest absolute Gasteiger partial charge is 0.248 e. The van der Waals surface area contributed by atoms with Gasteiger partial charge < -0.3 is 11.1 Å². The Morgan fingerprint density at radius 3 is 2.38 bits per heavy atom. The molecule has 0 saturated carbocycles. The average molecular weight is 286 g/mol. The fourth-order valence-electron chi connectivity index (χ4n) is 2.25. The molecule has 2 aromatic carbocycles. The minimum absolute atomic E-state index is 0.188. The zero-order valence-corrected chi connectivity index (χ0v) is 12.0. The quantitative estimate of drug-likeness (QED) is 0.858. The molecule has 3 nitrogen and oxygen atoms in total. The van der Waals surface area contributed by atoms with Gasteiger partial charge in [-0.2, -0.15) is 0 Å². The van der Waals surface area contributed by atoms with Gasteiger partial charge in [-0.05, 0) is 29.7 Å². The lowest BCUT2D eigenvalue weighted by atomic mass is 10.1. The molecule has 21 heavy (non-hydrogen) atoms. The van der Waals surface area contributed by atoms with Gasteiger partial charge in [-0.25, -0.2) is 4.39 Å². The molecule has 0 atom stereocenters. The Balaban J connectivity index is 1.99. The summed E-state index contributed by atoms with van der Waals surface area (Å²) < 4.78 is 13.8. The zero-order chi connectivity index (χ0) is 15.2. The highest BCUT2D eigenvalue weighted by atomic mass is 19.1. The van der Waals surface area contributed by atoms with Crippen molar-refractivity contribution in [1.82, 2.24) is 5.32 Å². The number of carbonyl (C=O) groups is 1. The van der Waals surface area contributed by atoms with Gasteiger partial charge in [0.25, 0.3) is 0 Å². The minimum Gasteiger partial charge on any atom is -0.366 e. The lowest BCUT2D eigenvalue weighted by molar-refractivity contribution is 0.1000. The van der Waals surface area contributed by atoms with Crippen LogP contribution in [0.1, 0.15) is 34.0 Å². The van der Waals surface area contributed by atoms with Gasteiger partial charge in [0.2, 0.25) is 5.91 Å². The van der Waals surface area contributed by atoms with Gasteiger partial charge in [0.1, 0.15) is 5.82 Å². The highest BCUT2D eigenvalue weighted by Crippen LogP contribution is 2.12. The molecule has 2 rings (SSSR count). The first-order valence-corrected chi connectivity index (χ1v) is 6.97. The van der Waals surface area contributed by atoms with E-state index in [0.717, 1.165) is 6.42 Å². The summed E-state index contributed by atoms with van der Waals surface area (Å²) in [5.74, 6) is -1.03. The molecule has 0 spiro atoms. The van der Waals surface area contributed by atoms with Gasteiger partial charge in [0, 0.05) is 24.2 Å². The van der Waals surface area contributed by atoms with Crippen LogP contribution in [0.3, 0.4) is 0 Å². The van der Waals surface area contributed by atoms with Crippen LogP contribution >= 0.6 is 0 Å². The average Bonchev–Trinajstić information content (AvgIpc) is 2.49. The van der Waals surface area contributed by atoms with Gasteiger partial charge in [-0.1, -0.05) is 37.3 Å². The van der Waals surface area contributed by atoms with Crippen LogP contribution in [-0.2, 0) is 19.5 Å². The van der Waals surface area contributed by atoms with E-state index < -0.39 is 11.7 Å². The molecular weight excluding hydrogens is 267 g/mol. The standard InChI is InChI=1S/C17H19FN2O/c1-2-12-5-3-4-6-14(12)10-20-11-15-8-7-13(17(19)21)9-16(15)18/h3-9,20H,2,10-11H2,1H3,(H2,19,21). The molecule has 0 unspecified atom stereocenters. The number of hydrogen-bond acceptors (Lipinski definition) is 2. The largest absolute Gasteiger partial charge is 0.366 e. The second-order valence-corrected chi connectivity index (χ2v) is 4.90. The highest BCUT2D eigenvalue weighted by Gasteiger charge is 2.07. The first kappa shape index (κ1) is 15.2. The summed E-state index contributed by atoms with van der Waals surface area (Å²) in [5.41, 5.74) is 8.33. The third-order valence-electron chi connectivity index (χ3n) is 3.47. The molecule has 4 heteroatoms. The maximum Gasteiger partial charge on any atom is 0.248 e. The number of aryl methyl sites for hydroxylation is 1. The van der Waals surface area contributed by atoms with E-state index in [2.05, 4.69) is 24.4 Å². The number of nitrogens with one attached hydrogen (secondary N) is 1. The number of carbonyl (C=O) groups excluding carboxylic acids is 1. The molecule has 0 aliphatic heterocycles. The number of primary amides is 1. The summed E-state index contributed by atoms with van der Waals surface area (Å²) in [4.78, 5) is 11.0. The van der Waals surface area contributed by atoms with Crippen LogP contribution < -0.4 is 11.1 Å². The van der Waals surface area contributed by atoms with Crippen molar-refractivity contribution < 1.29 is 9.18 Å². The van der Waals surface area contributed by atoms with Crippen molar-refractivity contribution in [2.45, 2.75) is 26.4 Å². The molecule has 0 aromatic heterocycles. The van der Waals surface area contributed by atoms with Crippen LogP contribution in [-0.4, -0.2) is 5.91 Å². The van der Waals surface area contributed by atoms with E-state index in [0.29, 0.717) is 18.7 Å². The first-order valence-electron chi connectivity index (χ1n) is 6.97. The zero-order valence-electron chi connectivity index (χ0n) is 12.0. The van der Waals surface area contributed by atoms with Crippen LogP contribution in [0, 0.1) is 5.82 Å². The van der Waals surface area contributed by atoms with Crippen LogP contribution in [0.25, 0.3) is 0 Å². The maximum absolute atomic E-state index is 13.8. The van der Waals surface area contributed by atoms with Gasteiger partial charge in [-0.15, -0.1) is 0 Å². The Bertz CT molecular complexity index is 640. The Morgan fingerprint density at radius 2 is 1.76 bits per heavy atom. The molecule has 0 saturated heterocycles. The van der Waals surface area contributed by atoms with Gasteiger partial charge in [0.05, 0.1) is 0 Å². The van der Waals surface area contributed by atoms with Crippen molar-refractivity contribution in [3.63, 3.8) is 0 Å². The summed E-state index contributed by atoms with van der Waals surface area (Å²) in [6.07, 6.45) is 0.972. The lowest BCUT2D eigenvalue weighted by Gasteiger charge is -2.10. The molecule has 0 radical (unpaired) electrons. The van der Waals surface area contributed by atoms with E-state index in [4.69, 9.17) is 5.73 Å². The number of nitrogens with two attached hydrogens (primary N) is 1. The van der Waals surface area contributed by atoms with Gasteiger partial charge >= 0.3 is 0 Å². The molecule has 0 bridgehead atoms. The van der Waals surface area contributed by atoms with Crippen molar-refractivity contribution >= 4 is 5.91 Å². The lowest BCUT2D eigenvalue weighted by Crippen LogP contribution is -2.16. The van der Waals surface area contributed by atoms with E-state index in [1.165, 1.54) is 17.2 Å². The number of benzene rings is 2. The Morgan fingerprint density at radius 1 is 1.10 bits per heavy atom. The summed E-state index contributed by atoms with van der Waals surface area (Å²) in [7, 11) is 0. The topological polar surface area (TPSA) is 55.1 Å². The van der Waals surface area contributed by atoms with Crippen molar-refractivity contribution in [1.29, 1.82) is 0 Å². The monoisotopic (exact) mass is 286 g/mol.